The van der Waals surface area contributed by atoms with Crippen molar-refractivity contribution >= 4 is 28.7 Å². The van der Waals surface area contributed by atoms with Crippen molar-refractivity contribution in [1.29, 1.82) is 5.26 Å². The molecule has 2 aromatic rings. The number of hydrogen-bond donors (Lipinski definition) is 1. The van der Waals surface area contributed by atoms with Gasteiger partial charge < -0.3 is 14.4 Å². The molecule has 6 heteroatoms. The predicted molar refractivity (Wildman–Crippen MR) is 120 cm³/mol. The summed E-state index contributed by atoms with van der Waals surface area (Å²) in [7, 11) is 0. The Balaban J connectivity index is 1.94. The number of carboxylic acids is 1. The van der Waals surface area contributed by atoms with Gasteiger partial charge in [-0.1, -0.05) is 33.8 Å². The van der Waals surface area contributed by atoms with E-state index in [1.165, 1.54) is 29.5 Å². The van der Waals surface area contributed by atoms with E-state index in [4.69, 9.17) is 14.8 Å². The van der Waals surface area contributed by atoms with Crippen molar-refractivity contribution in [2.24, 2.45) is 0 Å². The Kier molecular flexibility index (Phi) is 4.81. The summed E-state index contributed by atoms with van der Waals surface area (Å²) in [6.45, 7) is 10.9. The molecule has 0 unspecified atom stereocenters. The van der Waals surface area contributed by atoms with Crippen LogP contribution in [-0.4, -0.2) is 24.2 Å². The minimum absolute atomic E-state index is 0.0141. The number of carbonyl (C=O) groups is 1. The number of hydrogen-bond acceptors (Lipinski definition) is 5. The van der Waals surface area contributed by atoms with Crippen molar-refractivity contribution in [3.63, 3.8) is 0 Å². The first-order valence-electron chi connectivity index (χ1n) is 10.5. The average molecular weight is 418 g/mol. The van der Waals surface area contributed by atoms with Gasteiger partial charge in [0.1, 0.15) is 17.2 Å². The van der Waals surface area contributed by atoms with Crippen LogP contribution < -0.4 is 10.5 Å². The van der Waals surface area contributed by atoms with Crippen LogP contribution in [0.1, 0.15) is 57.2 Å². The number of rotatable bonds is 3. The van der Waals surface area contributed by atoms with Gasteiger partial charge in [0.15, 0.2) is 0 Å². The van der Waals surface area contributed by atoms with E-state index in [-0.39, 0.29) is 10.8 Å². The van der Waals surface area contributed by atoms with Gasteiger partial charge in [-0.2, -0.15) is 5.26 Å². The highest BCUT2D eigenvalue weighted by Gasteiger charge is 2.41. The van der Waals surface area contributed by atoms with Crippen LogP contribution in [0.2, 0.25) is 0 Å². The standard InChI is InChI=1S/C25H26N2O4/c1-24(2)8-10-27-11-9-25(3,4)19-20(27)18(24)13-17-12-15(23(30)31-21(17)19)6-5-7-16(14-26)22(28)29/h5-7,12-13H,8-11H2,1-4H3,(H,28,29). The maximum atomic E-state index is 12.8. The van der Waals surface area contributed by atoms with Gasteiger partial charge >= 0.3 is 11.6 Å². The SMILES string of the molecule is CC1(C)CCN2CCC(C)(C)c3c2c1cc1cc(C=CC=C(C#N)C(=O)O)c(=O)oc31. The van der Waals surface area contributed by atoms with E-state index in [2.05, 4.69) is 38.7 Å². The molecular weight excluding hydrogens is 392 g/mol. The number of aliphatic carboxylic acids is 1. The van der Waals surface area contributed by atoms with E-state index >= 15 is 0 Å². The third-order valence-corrected chi connectivity index (χ3v) is 6.65. The summed E-state index contributed by atoms with van der Waals surface area (Å²) in [6, 6.07) is 5.55. The summed E-state index contributed by atoms with van der Waals surface area (Å²) in [5.74, 6) is -1.31. The van der Waals surface area contributed by atoms with E-state index < -0.39 is 17.2 Å². The van der Waals surface area contributed by atoms with E-state index in [9.17, 15) is 9.59 Å². The molecule has 0 radical (unpaired) electrons. The second kappa shape index (κ2) is 7.12. The van der Waals surface area contributed by atoms with Gasteiger partial charge in [-0.05, 0) is 53.5 Å². The Morgan fingerprint density at radius 1 is 1.19 bits per heavy atom. The number of allylic oxidation sites excluding steroid dienone is 2. The Hall–Kier alpha value is -3.33. The van der Waals surface area contributed by atoms with E-state index in [1.807, 2.05) is 0 Å². The molecule has 1 aromatic carbocycles. The third-order valence-electron chi connectivity index (χ3n) is 6.65. The lowest BCUT2D eigenvalue weighted by molar-refractivity contribution is -0.132. The van der Waals surface area contributed by atoms with E-state index in [0.29, 0.717) is 11.1 Å². The van der Waals surface area contributed by atoms with Crippen molar-refractivity contribution in [3.8, 4) is 6.07 Å². The molecule has 1 aromatic heterocycles. The minimum Gasteiger partial charge on any atom is -0.477 e. The summed E-state index contributed by atoms with van der Waals surface area (Å²) in [5, 5.41) is 18.7. The Labute approximate surface area is 181 Å². The molecule has 31 heavy (non-hydrogen) atoms. The monoisotopic (exact) mass is 418 g/mol. The van der Waals surface area contributed by atoms with Crippen LogP contribution in [0.15, 0.2) is 39.1 Å². The lowest BCUT2D eigenvalue weighted by Crippen LogP contribution is -2.44. The Bertz CT molecular complexity index is 1250. The van der Waals surface area contributed by atoms with Gasteiger partial charge in [0.2, 0.25) is 0 Å². The van der Waals surface area contributed by atoms with Gasteiger partial charge in [0.05, 0.1) is 5.56 Å². The molecule has 0 saturated carbocycles. The van der Waals surface area contributed by atoms with Crippen LogP contribution in [0.4, 0.5) is 5.69 Å². The zero-order valence-electron chi connectivity index (χ0n) is 18.3. The predicted octanol–water partition coefficient (Wildman–Crippen LogP) is 4.51. The molecule has 0 fully saturated rings. The van der Waals surface area contributed by atoms with Gasteiger partial charge in [-0.3, -0.25) is 0 Å². The Morgan fingerprint density at radius 2 is 1.87 bits per heavy atom. The fourth-order valence-corrected chi connectivity index (χ4v) is 4.69. The molecule has 0 spiro atoms. The van der Waals surface area contributed by atoms with Crippen LogP contribution in [0.5, 0.6) is 0 Å². The molecule has 160 valence electrons. The van der Waals surface area contributed by atoms with Crippen molar-refractivity contribution in [1.82, 2.24) is 0 Å². The van der Waals surface area contributed by atoms with Crippen molar-refractivity contribution < 1.29 is 14.3 Å². The van der Waals surface area contributed by atoms with E-state index in [1.54, 1.807) is 12.1 Å². The zero-order chi connectivity index (χ0) is 22.6. The molecule has 0 bridgehead atoms. The van der Waals surface area contributed by atoms with Gasteiger partial charge in [-0.25, -0.2) is 9.59 Å². The maximum absolute atomic E-state index is 12.8. The zero-order valence-corrected chi connectivity index (χ0v) is 18.3. The molecule has 0 atom stereocenters. The highest BCUT2D eigenvalue weighted by Crippen LogP contribution is 2.51. The largest absolute Gasteiger partial charge is 0.477 e. The number of carboxylic acid groups (broad SMARTS) is 1. The lowest BCUT2D eigenvalue weighted by atomic mass is 9.69. The average Bonchev–Trinajstić information content (AvgIpc) is 2.69. The molecule has 0 amide bonds. The van der Waals surface area contributed by atoms with E-state index in [0.717, 1.165) is 36.9 Å². The van der Waals surface area contributed by atoms with Crippen molar-refractivity contribution in [2.45, 2.75) is 51.4 Å². The molecule has 2 aliphatic rings. The highest BCUT2D eigenvalue weighted by molar-refractivity contribution is 5.92. The molecule has 3 heterocycles. The topological polar surface area (TPSA) is 94.5 Å². The molecule has 1 N–H and O–H groups in total. The molecule has 0 aliphatic carbocycles. The summed E-state index contributed by atoms with van der Waals surface area (Å²) >= 11 is 0. The first kappa shape index (κ1) is 20.9. The quantitative estimate of drug-likeness (QED) is 0.341. The number of benzene rings is 1. The number of fused-ring (bicyclic) bond motifs is 2. The first-order chi connectivity index (χ1) is 14.5. The minimum atomic E-state index is -1.31. The van der Waals surface area contributed by atoms with Crippen molar-refractivity contribution in [2.75, 3.05) is 18.0 Å². The summed E-state index contributed by atoms with van der Waals surface area (Å²) in [6.07, 6.45) is 6.10. The maximum Gasteiger partial charge on any atom is 0.346 e. The normalized spacial score (nSPS) is 19.3. The van der Waals surface area contributed by atoms with Crippen LogP contribution >= 0.6 is 0 Å². The molecule has 6 nitrogen and oxygen atoms in total. The molecule has 0 saturated heterocycles. The van der Waals surface area contributed by atoms with Crippen LogP contribution in [0.3, 0.4) is 0 Å². The molecule has 4 rings (SSSR count). The second-order valence-corrected chi connectivity index (χ2v) is 9.67. The first-order valence-corrected chi connectivity index (χ1v) is 10.5. The smallest absolute Gasteiger partial charge is 0.346 e. The number of nitrogens with zero attached hydrogens (tertiary/aromatic N) is 2. The van der Waals surface area contributed by atoms with Crippen LogP contribution in [0, 0.1) is 11.3 Å². The number of nitriles is 1. The van der Waals surface area contributed by atoms with Crippen LogP contribution in [0.25, 0.3) is 17.0 Å². The van der Waals surface area contributed by atoms with Crippen molar-refractivity contribution in [3.05, 3.63) is 57.0 Å². The highest BCUT2D eigenvalue weighted by atomic mass is 16.4. The van der Waals surface area contributed by atoms with Gasteiger partial charge in [-0.15, -0.1) is 0 Å². The van der Waals surface area contributed by atoms with Crippen LogP contribution in [-0.2, 0) is 15.6 Å². The second-order valence-electron chi connectivity index (χ2n) is 9.67. The molecule has 2 aliphatic heterocycles. The summed E-state index contributed by atoms with van der Waals surface area (Å²) in [5.41, 5.74) is 3.56. The Morgan fingerprint density at radius 3 is 2.52 bits per heavy atom. The summed E-state index contributed by atoms with van der Waals surface area (Å²) < 4.78 is 5.86. The lowest BCUT2D eigenvalue weighted by Gasteiger charge is -2.48. The third kappa shape index (κ3) is 3.44. The summed E-state index contributed by atoms with van der Waals surface area (Å²) in [4.78, 5) is 26.1. The van der Waals surface area contributed by atoms with Gasteiger partial charge in [0.25, 0.3) is 0 Å². The fraction of sp³-hybridized carbons (Fsp3) is 0.400. The number of anilines is 1. The molecular formula is C25H26N2O4. The fourth-order valence-electron chi connectivity index (χ4n) is 4.69. The van der Waals surface area contributed by atoms with Gasteiger partial charge in [0, 0.05) is 29.7 Å².